The number of carbonyl (C=O) groups is 2. The second-order valence-electron chi connectivity index (χ2n) is 5.27. The molecule has 0 bridgehead atoms. The Morgan fingerprint density at radius 1 is 0.818 bits per heavy atom. The second kappa shape index (κ2) is 4.77. The molecule has 1 aliphatic carbocycles. The Bertz CT molecular complexity index is 894. The Kier molecular flexibility index (Phi) is 2.76. The van der Waals surface area contributed by atoms with E-state index in [9.17, 15) is 9.59 Å². The van der Waals surface area contributed by atoms with Crippen LogP contribution in [0, 0.1) is 0 Å². The number of hydrogen-bond donors (Lipinski definition) is 1. The normalized spacial score (nSPS) is 12.9. The zero-order valence-corrected chi connectivity index (χ0v) is 11.7. The van der Waals surface area contributed by atoms with Gasteiger partial charge in [0, 0.05) is 17.5 Å². The zero-order valence-electron chi connectivity index (χ0n) is 11.7. The van der Waals surface area contributed by atoms with Crippen LogP contribution in [-0.4, -0.2) is 21.5 Å². The molecular formula is C18H12N2O2. The van der Waals surface area contributed by atoms with Crippen molar-refractivity contribution < 1.29 is 9.59 Å². The van der Waals surface area contributed by atoms with Gasteiger partial charge in [-0.3, -0.25) is 9.59 Å². The number of nitrogens with one attached hydrogen (secondary N) is 1. The van der Waals surface area contributed by atoms with Crippen molar-refractivity contribution in [2.75, 3.05) is 0 Å². The van der Waals surface area contributed by atoms with Gasteiger partial charge in [-0.1, -0.05) is 54.6 Å². The molecule has 0 saturated carbocycles. The fourth-order valence-corrected chi connectivity index (χ4v) is 2.78. The first-order valence-corrected chi connectivity index (χ1v) is 7.05. The molecule has 0 unspecified atom stereocenters. The molecule has 22 heavy (non-hydrogen) atoms. The van der Waals surface area contributed by atoms with Crippen molar-refractivity contribution in [2.45, 2.75) is 6.42 Å². The molecule has 4 heteroatoms. The zero-order chi connectivity index (χ0) is 15.1. The predicted molar refractivity (Wildman–Crippen MR) is 81.9 cm³/mol. The average Bonchev–Trinajstić information content (AvgIpc) is 2.98. The number of ketones is 2. The van der Waals surface area contributed by atoms with E-state index in [2.05, 4.69) is 9.97 Å². The summed E-state index contributed by atoms with van der Waals surface area (Å²) in [5, 5.41) is 0. The van der Waals surface area contributed by atoms with Crippen LogP contribution in [0.3, 0.4) is 0 Å². The van der Waals surface area contributed by atoms with Crippen molar-refractivity contribution >= 4 is 11.6 Å². The predicted octanol–water partition coefficient (Wildman–Crippen LogP) is 3.05. The molecule has 0 aliphatic heterocycles. The molecule has 1 aliphatic rings. The highest BCUT2D eigenvalue weighted by molar-refractivity contribution is 6.52. The van der Waals surface area contributed by atoms with Gasteiger partial charge in [0.05, 0.1) is 0 Å². The van der Waals surface area contributed by atoms with Gasteiger partial charge in [0.15, 0.2) is 0 Å². The van der Waals surface area contributed by atoms with E-state index in [0.29, 0.717) is 29.2 Å². The van der Waals surface area contributed by atoms with Crippen molar-refractivity contribution in [1.82, 2.24) is 9.97 Å². The standard InChI is InChI=1S/C18H12N2O2/c21-17-13-9-5-4-8-12(13)15-16(18(17)22)20-14(19-15)10-11-6-2-1-3-7-11/h1-9H,10H2,(H,19,20). The quantitative estimate of drug-likeness (QED) is 0.737. The Balaban J connectivity index is 1.82. The van der Waals surface area contributed by atoms with E-state index in [4.69, 9.17) is 0 Å². The van der Waals surface area contributed by atoms with E-state index < -0.39 is 11.6 Å². The average molecular weight is 288 g/mol. The Morgan fingerprint density at radius 2 is 1.50 bits per heavy atom. The lowest BCUT2D eigenvalue weighted by Crippen LogP contribution is -2.21. The first-order chi connectivity index (χ1) is 10.7. The number of aromatic amines is 1. The van der Waals surface area contributed by atoms with Crippen LogP contribution in [0.2, 0.25) is 0 Å². The minimum atomic E-state index is -0.513. The molecule has 1 heterocycles. The van der Waals surface area contributed by atoms with E-state index in [1.165, 1.54) is 0 Å². The van der Waals surface area contributed by atoms with Crippen molar-refractivity contribution in [3.05, 3.63) is 77.2 Å². The van der Waals surface area contributed by atoms with Gasteiger partial charge in [-0.2, -0.15) is 0 Å². The maximum atomic E-state index is 12.2. The fourth-order valence-electron chi connectivity index (χ4n) is 2.78. The summed E-state index contributed by atoms with van der Waals surface area (Å²) in [5.41, 5.74) is 3.12. The summed E-state index contributed by atoms with van der Waals surface area (Å²) in [4.78, 5) is 31.9. The number of nitrogens with zero attached hydrogens (tertiary/aromatic N) is 1. The largest absolute Gasteiger partial charge is 0.338 e. The number of hydrogen-bond acceptors (Lipinski definition) is 3. The first kappa shape index (κ1) is 12.7. The lowest BCUT2D eigenvalue weighted by Gasteiger charge is -2.11. The molecule has 3 aromatic rings. The summed E-state index contributed by atoms with van der Waals surface area (Å²) >= 11 is 0. The Morgan fingerprint density at radius 3 is 2.27 bits per heavy atom. The third kappa shape index (κ3) is 1.89. The van der Waals surface area contributed by atoms with Gasteiger partial charge in [0.25, 0.3) is 5.78 Å². The highest BCUT2D eigenvalue weighted by atomic mass is 16.2. The van der Waals surface area contributed by atoms with E-state index in [-0.39, 0.29) is 0 Å². The molecule has 0 spiro atoms. The number of rotatable bonds is 2. The van der Waals surface area contributed by atoms with E-state index in [1.807, 2.05) is 42.5 Å². The molecule has 1 aromatic heterocycles. The number of benzene rings is 2. The van der Waals surface area contributed by atoms with Crippen molar-refractivity contribution in [3.8, 4) is 11.3 Å². The minimum Gasteiger partial charge on any atom is -0.338 e. The molecule has 0 atom stereocenters. The van der Waals surface area contributed by atoms with E-state index in [0.717, 1.165) is 11.1 Å². The molecule has 2 aromatic carbocycles. The number of carbonyl (C=O) groups excluding carboxylic acids is 2. The number of Topliss-reactive ketones (excluding diaryl/α,β-unsaturated/α-hetero) is 2. The summed E-state index contributed by atoms with van der Waals surface area (Å²) in [6.07, 6.45) is 0.595. The van der Waals surface area contributed by atoms with Gasteiger partial charge >= 0.3 is 0 Å². The van der Waals surface area contributed by atoms with Crippen LogP contribution in [0.15, 0.2) is 54.6 Å². The van der Waals surface area contributed by atoms with Gasteiger partial charge in [0.2, 0.25) is 5.78 Å². The van der Waals surface area contributed by atoms with Gasteiger partial charge in [0.1, 0.15) is 17.2 Å². The van der Waals surface area contributed by atoms with Crippen LogP contribution >= 0.6 is 0 Å². The SMILES string of the molecule is O=C1C(=O)c2[nH]c(Cc3ccccc3)nc2-c2ccccc21. The summed E-state index contributed by atoms with van der Waals surface area (Å²) < 4.78 is 0. The summed E-state index contributed by atoms with van der Waals surface area (Å²) in [6, 6.07) is 17.0. The van der Waals surface area contributed by atoms with Crippen LogP contribution in [0.4, 0.5) is 0 Å². The topological polar surface area (TPSA) is 62.8 Å². The molecule has 106 valence electrons. The molecule has 4 nitrogen and oxygen atoms in total. The van der Waals surface area contributed by atoms with Gasteiger partial charge in [-0.25, -0.2) is 4.98 Å². The minimum absolute atomic E-state index is 0.301. The molecule has 0 fully saturated rings. The molecule has 0 saturated heterocycles. The summed E-state index contributed by atoms with van der Waals surface area (Å²) in [7, 11) is 0. The highest BCUT2D eigenvalue weighted by Gasteiger charge is 2.33. The number of H-pyrrole nitrogens is 1. The van der Waals surface area contributed by atoms with Crippen LogP contribution < -0.4 is 0 Å². The number of aromatic nitrogens is 2. The smallest absolute Gasteiger partial charge is 0.251 e. The molecular weight excluding hydrogens is 276 g/mol. The van der Waals surface area contributed by atoms with E-state index >= 15 is 0 Å². The van der Waals surface area contributed by atoms with Crippen LogP contribution in [0.5, 0.6) is 0 Å². The monoisotopic (exact) mass is 288 g/mol. The molecule has 0 radical (unpaired) electrons. The van der Waals surface area contributed by atoms with Gasteiger partial charge < -0.3 is 4.98 Å². The fraction of sp³-hybridized carbons (Fsp3) is 0.0556. The Labute approximate surface area is 126 Å². The highest BCUT2D eigenvalue weighted by Crippen LogP contribution is 2.31. The van der Waals surface area contributed by atoms with Crippen LogP contribution in [0.25, 0.3) is 11.3 Å². The molecule has 4 rings (SSSR count). The van der Waals surface area contributed by atoms with Crippen molar-refractivity contribution in [2.24, 2.45) is 0 Å². The van der Waals surface area contributed by atoms with Crippen LogP contribution in [-0.2, 0) is 6.42 Å². The number of fused-ring (bicyclic) bond motifs is 3. The third-order valence-corrected chi connectivity index (χ3v) is 3.83. The number of imidazole rings is 1. The van der Waals surface area contributed by atoms with Crippen molar-refractivity contribution in [3.63, 3.8) is 0 Å². The third-order valence-electron chi connectivity index (χ3n) is 3.83. The van der Waals surface area contributed by atoms with E-state index in [1.54, 1.807) is 12.1 Å². The lowest BCUT2D eigenvalue weighted by atomic mass is 9.90. The molecule has 0 amide bonds. The summed E-state index contributed by atoms with van der Waals surface area (Å²) in [5.74, 6) is -0.299. The first-order valence-electron chi connectivity index (χ1n) is 7.05. The van der Waals surface area contributed by atoms with Gasteiger partial charge in [-0.05, 0) is 5.56 Å². The second-order valence-corrected chi connectivity index (χ2v) is 5.27. The van der Waals surface area contributed by atoms with Crippen molar-refractivity contribution in [1.29, 1.82) is 0 Å². The maximum absolute atomic E-state index is 12.2. The summed E-state index contributed by atoms with van der Waals surface area (Å²) in [6.45, 7) is 0. The lowest BCUT2D eigenvalue weighted by molar-refractivity contribution is 0.0812. The van der Waals surface area contributed by atoms with Gasteiger partial charge in [-0.15, -0.1) is 0 Å². The Hall–Kier alpha value is -3.01. The maximum Gasteiger partial charge on any atom is 0.251 e. The molecule has 1 N–H and O–H groups in total. The van der Waals surface area contributed by atoms with Crippen LogP contribution in [0.1, 0.15) is 32.2 Å².